The lowest BCUT2D eigenvalue weighted by molar-refractivity contribution is 0.271. The number of hydrogen-bond donors (Lipinski definition) is 0. The van der Waals surface area contributed by atoms with Crippen LogP contribution in [0.2, 0.25) is 0 Å². The van der Waals surface area contributed by atoms with Crippen molar-refractivity contribution in [2.75, 3.05) is 13.1 Å². The van der Waals surface area contributed by atoms with E-state index in [1.807, 2.05) is 24.3 Å². The predicted octanol–water partition coefficient (Wildman–Crippen LogP) is 4.13. The van der Waals surface area contributed by atoms with Gasteiger partial charge in [0.15, 0.2) is 0 Å². The Labute approximate surface area is 164 Å². The number of aromatic nitrogens is 2. The van der Waals surface area contributed by atoms with Crippen LogP contribution in [0.15, 0.2) is 55.0 Å². The second-order valence-corrected chi connectivity index (χ2v) is 10.1. The van der Waals surface area contributed by atoms with Crippen molar-refractivity contribution in [3.63, 3.8) is 0 Å². The molecule has 0 bridgehead atoms. The third-order valence-corrected chi connectivity index (χ3v) is 8.18. The van der Waals surface area contributed by atoms with Crippen molar-refractivity contribution in [1.82, 2.24) is 14.4 Å². The third kappa shape index (κ3) is 3.48. The van der Waals surface area contributed by atoms with Crippen LogP contribution >= 0.6 is 27.3 Å². The first-order chi connectivity index (χ1) is 12.5. The van der Waals surface area contributed by atoms with Crippen molar-refractivity contribution in [3.8, 4) is 11.4 Å². The minimum absolute atomic E-state index is 0.0817. The first-order valence-electron chi connectivity index (χ1n) is 8.17. The Hall–Kier alpha value is -1.55. The molecular weight excluding hydrogens is 438 g/mol. The van der Waals surface area contributed by atoms with Gasteiger partial charge in [-0.1, -0.05) is 39.3 Å². The predicted molar refractivity (Wildman–Crippen MR) is 102 cm³/mol. The zero-order valence-corrected chi connectivity index (χ0v) is 16.9. The van der Waals surface area contributed by atoms with Gasteiger partial charge in [-0.15, -0.1) is 11.3 Å². The topological polar surface area (TPSA) is 76.3 Å². The van der Waals surface area contributed by atoms with E-state index in [1.165, 1.54) is 11.3 Å². The van der Waals surface area contributed by atoms with E-state index in [1.54, 1.807) is 21.8 Å². The van der Waals surface area contributed by atoms with Gasteiger partial charge in [-0.2, -0.15) is 9.29 Å². The van der Waals surface area contributed by atoms with Gasteiger partial charge in [0.05, 0.1) is 0 Å². The van der Waals surface area contributed by atoms with Crippen LogP contribution in [0.1, 0.15) is 24.7 Å². The highest BCUT2D eigenvalue weighted by Crippen LogP contribution is 2.32. The molecule has 136 valence electrons. The van der Waals surface area contributed by atoms with Gasteiger partial charge in [-0.05, 0) is 36.4 Å². The highest BCUT2D eigenvalue weighted by Gasteiger charge is 2.32. The van der Waals surface area contributed by atoms with E-state index < -0.39 is 10.0 Å². The molecule has 6 nitrogen and oxygen atoms in total. The smallest absolute Gasteiger partial charge is 0.252 e. The van der Waals surface area contributed by atoms with Gasteiger partial charge >= 0.3 is 0 Å². The van der Waals surface area contributed by atoms with Gasteiger partial charge in [0.25, 0.3) is 10.0 Å². The summed E-state index contributed by atoms with van der Waals surface area (Å²) in [6.45, 7) is 0.916. The molecule has 9 heteroatoms. The number of nitrogens with zero attached hydrogens (tertiary/aromatic N) is 3. The van der Waals surface area contributed by atoms with Gasteiger partial charge in [0.2, 0.25) is 11.7 Å². The summed E-state index contributed by atoms with van der Waals surface area (Å²) in [5.74, 6) is 1.21. The number of hydrogen-bond acceptors (Lipinski definition) is 6. The minimum Gasteiger partial charge on any atom is -0.339 e. The molecule has 0 amide bonds. The molecule has 1 aliphatic rings. The zero-order valence-electron chi connectivity index (χ0n) is 13.7. The molecule has 0 spiro atoms. The Kier molecular flexibility index (Phi) is 4.96. The molecule has 0 saturated carbocycles. The molecule has 0 aliphatic carbocycles. The largest absolute Gasteiger partial charge is 0.339 e. The lowest BCUT2D eigenvalue weighted by Gasteiger charge is -2.29. The molecule has 3 aromatic rings. The van der Waals surface area contributed by atoms with Crippen molar-refractivity contribution in [3.05, 3.63) is 52.1 Å². The summed E-state index contributed by atoms with van der Waals surface area (Å²) in [6.07, 6.45) is 1.34. The minimum atomic E-state index is -3.39. The Morgan fingerprint density at radius 1 is 1.19 bits per heavy atom. The lowest BCUT2D eigenvalue weighted by atomic mass is 9.98. The number of piperidine rings is 1. The fraction of sp³-hybridized carbons (Fsp3) is 0.294. The quantitative estimate of drug-likeness (QED) is 0.593. The molecule has 4 rings (SSSR count). The number of halogens is 1. The van der Waals surface area contributed by atoms with Crippen LogP contribution in [0.5, 0.6) is 0 Å². The Bertz CT molecular complexity index is 994. The molecule has 0 radical (unpaired) electrons. The Morgan fingerprint density at radius 2 is 2.00 bits per heavy atom. The van der Waals surface area contributed by atoms with Crippen molar-refractivity contribution in [2.45, 2.75) is 23.0 Å². The molecule has 26 heavy (non-hydrogen) atoms. The molecule has 0 atom stereocenters. The maximum Gasteiger partial charge on any atom is 0.252 e. The van der Waals surface area contributed by atoms with Crippen molar-refractivity contribution in [1.29, 1.82) is 0 Å². The maximum absolute atomic E-state index is 12.6. The maximum atomic E-state index is 12.6. The molecule has 1 saturated heterocycles. The molecule has 2 aromatic heterocycles. The summed E-state index contributed by atoms with van der Waals surface area (Å²) in [6, 6.07) is 11.1. The second-order valence-electron chi connectivity index (χ2n) is 6.08. The van der Waals surface area contributed by atoms with Crippen LogP contribution in [-0.4, -0.2) is 36.0 Å². The van der Waals surface area contributed by atoms with E-state index >= 15 is 0 Å². The fourth-order valence-corrected chi connectivity index (χ4v) is 6.04. The molecule has 1 fully saturated rings. The molecule has 1 aliphatic heterocycles. The van der Waals surface area contributed by atoms with Crippen LogP contribution in [0, 0.1) is 0 Å². The van der Waals surface area contributed by atoms with Crippen LogP contribution in [0.25, 0.3) is 11.4 Å². The van der Waals surface area contributed by atoms with Crippen LogP contribution in [-0.2, 0) is 10.0 Å². The third-order valence-electron chi connectivity index (χ3n) is 4.42. The summed E-state index contributed by atoms with van der Waals surface area (Å²) in [5, 5.41) is 5.85. The highest BCUT2D eigenvalue weighted by atomic mass is 79.9. The van der Waals surface area contributed by atoms with Crippen molar-refractivity contribution < 1.29 is 12.9 Å². The summed E-state index contributed by atoms with van der Waals surface area (Å²) >= 11 is 4.68. The molecule has 1 aromatic carbocycles. The van der Waals surface area contributed by atoms with Crippen molar-refractivity contribution >= 4 is 37.3 Å². The molecular formula is C17H16BrN3O3S2. The van der Waals surface area contributed by atoms with Gasteiger partial charge in [0, 0.05) is 29.0 Å². The van der Waals surface area contributed by atoms with Gasteiger partial charge in [-0.3, -0.25) is 0 Å². The monoisotopic (exact) mass is 453 g/mol. The standard InChI is InChI=1S/C17H16BrN3O3S2/c18-14-4-1-3-13(11-14)16-19-17(24-20-16)12-6-8-21(9-7-12)26(22,23)15-5-2-10-25-15/h1-5,10-12H,6-9H2. The SMILES string of the molecule is O=S(=O)(c1cccs1)N1CCC(c2nc(-c3cccc(Br)c3)no2)CC1. The average molecular weight is 454 g/mol. The zero-order chi connectivity index (χ0) is 18.1. The summed E-state index contributed by atoms with van der Waals surface area (Å²) in [7, 11) is -3.39. The summed E-state index contributed by atoms with van der Waals surface area (Å²) in [4.78, 5) is 4.52. The van der Waals surface area contributed by atoms with E-state index in [2.05, 4.69) is 26.1 Å². The van der Waals surface area contributed by atoms with Crippen LogP contribution in [0.4, 0.5) is 0 Å². The second kappa shape index (κ2) is 7.22. The molecule has 0 N–H and O–H groups in total. The number of benzene rings is 1. The van der Waals surface area contributed by atoms with Gasteiger partial charge < -0.3 is 4.52 Å². The van der Waals surface area contributed by atoms with E-state index in [9.17, 15) is 8.42 Å². The molecule has 3 heterocycles. The normalized spacial score (nSPS) is 16.8. The van der Waals surface area contributed by atoms with Gasteiger partial charge in [-0.25, -0.2) is 8.42 Å². The van der Waals surface area contributed by atoms with E-state index in [0.29, 0.717) is 41.9 Å². The van der Waals surface area contributed by atoms with E-state index in [-0.39, 0.29) is 5.92 Å². The summed E-state index contributed by atoms with van der Waals surface area (Å²) < 4.78 is 33.5. The van der Waals surface area contributed by atoms with E-state index in [4.69, 9.17) is 4.52 Å². The van der Waals surface area contributed by atoms with E-state index in [0.717, 1.165) is 10.0 Å². The van der Waals surface area contributed by atoms with Crippen molar-refractivity contribution in [2.24, 2.45) is 0 Å². The Balaban J connectivity index is 1.46. The van der Waals surface area contributed by atoms with Crippen LogP contribution < -0.4 is 0 Å². The molecule has 0 unspecified atom stereocenters. The number of sulfonamides is 1. The average Bonchev–Trinajstić information content (AvgIpc) is 3.34. The number of rotatable bonds is 4. The Morgan fingerprint density at radius 3 is 2.69 bits per heavy atom. The first-order valence-corrected chi connectivity index (χ1v) is 11.3. The highest BCUT2D eigenvalue weighted by molar-refractivity contribution is 9.10. The van der Waals surface area contributed by atoms with Gasteiger partial charge in [0.1, 0.15) is 4.21 Å². The first kappa shape index (κ1) is 17.8. The fourth-order valence-electron chi connectivity index (χ4n) is 3.03. The lowest BCUT2D eigenvalue weighted by Crippen LogP contribution is -2.37. The number of thiophene rings is 1. The summed E-state index contributed by atoms with van der Waals surface area (Å²) in [5.41, 5.74) is 0.882. The van der Waals surface area contributed by atoms with Crippen LogP contribution in [0.3, 0.4) is 0 Å².